The highest BCUT2D eigenvalue weighted by Gasteiger charge is 2.68. The molecule has 0 bridgehead atoms. The first-order valence-electron chi connectivity index (χ1n) is 15.8. The molecular formula is C35H29Br2ClN4O7S. The number of allylic oxidation sites excluding steroid dienone is 2. The maximum absolute atomic E-state index is 15.0. The predicted molar refractivity (Wildman–Crippen MR) is 192 cm³/mol. The van der Waals surface area contributed by atoms with Gasteiger partial charge in [-0.2, -0.15) is 10.2 Å². The van der Waals surface area contributed by atoms with E-state index >= 15 is 4.79 Å². The summed E-state index contributed by atoms with van der Waals surface area (Å²) >= 11 is 14.9. The van der Waals surface area contributed by atoms with E-state index in [1.165, 1.54) is 16.7 Å². The predicted octanol–water partition coefficient (Wildman–Crippen LogP) is 7.12. The van der Waals surface area contributed by atoms with Crippen molar-refractivity contribution in [2.45, 2.75) is 32.6 Å². The molecule has 2 aromatic carbocycles. The van der Waals surface area contributed by atoms with Gasteiger partial charge in [0.1, 0.15) is 11.5 Å². The molecule has 0 spiro atoms. The normalized spacial score (nSPS) is 27.6. The largest absolute Gasteiger partial charge is 0.503 e. The van der Waals surface area contributed by atoms with Crippen molar-refractivity contribution in [3.05, 3.63) is 67.1 Å². The molecule has 4 aromatic rings. The van der Waals surface area contributed by atoms with Gasteiger partial charge >= 0.3 is 0 Å². The molecule has 2 saturated heterocycles. The van der Waals surface area contributed by atoms with Gasteiger partial charge in [-0.1, -0.05) is 23.3 Å². The van der Waals surface area contributed by atoms with Crippen molar-refractivity contribution in [2.24, 2.45) is 36.1 Å². The summed E-state index contributed by atoms with van der Waals surface area (Å²) in [6.45, 7) is 3.75. The van der Waals surface area contributed by atoms with Crippen LogP contribution in [0.4, 0.5) is 5.82 Å². The van der Waals surface area contributed by atoms with Crippen molar-refractivity contribution >= 4 is 94.3 Å². The Morgan fingerprint density at radius 3 is 2.52 bits per heavy atom. The van der Waals surface area contributed by atoms with Gasteiger partial charge in [-0.15, -0.1) is 11.3 Å². The molecule has 8 rings (SSSR count). The molecule has 2 N–H and O–H groups in total. The van der Waals surface area contributed by atoms with E-state index < -0.39 is 58.6 Å². The van der Waals surface area contributed by atoms with Gasteiger partial charge in [0.2, 0.25) is 11.8 Å². The Morgan fingerprint density at radius 2 is 1.80 bits per heavy atom. The summed E-state index contributed by atoms with van der Waals surface area (Å²) in [4.78, 5) is 58.1. The van der Waals surface area contributed by atoms with E-state index in [1.54, 1.807) is 37.4 Å². The van der Waals surface area contributed by atoms with Gasteiger partial charge in [0.05, 0.1) is 39.6 Å². The van der Waals surface area contributed by atoms with Crippen LogP contribution in [-0.2, 0) is 26.2 Å². The summed E-state index contributed by atoms with van der Waals surface area (Å²) in [5, 5.41) is 27.8. The van der Waals surface area contributed by atoms with Crippen LogP contribution in [0, 0.1) is 36.0 Å². The highest BCUT2D eigenvalue weighted by atomic mass is 79.9. The zero-order chi connectivity index (χ0) is 35.7. The quantitative estimate of drug-likeness (QED) is 0.126. The number of hydroxylamine groups is 2. The highest BCUT2D eigenvalue weighted by molar-refractivity contribution is 9.13. The van der Waals surface area contributed by atoms with Gasteiger partial charge in [-0.25, -0.2) is 4.90 Å². The number of halogens is 3. The van der Waals surface area contributed by atoms with Crippen molar-refractivity contribution in [3.8, 4) is 22.1 Å². The minimum absolute atomic E-state index is 0.114. The Labute approximate surface area is 311 Å². The number of aryl methyl sites for hydroxylation is 2. The fraction of sp³-hybridized carbons (Fsp3) is 0.343. The second-order valence-electron chi connectivity index (χ2n) is 13.5. The first kappa shape index (κ1) is 33.6. The number of aromatic hydroxyl groups is 1. The summed E-state index contributed by atoms with van der Waals surface area (Å²) in [5.41, 5.74) is 1.49. The van der Waals surface area contributed by atoms with Crippen LogP contribution >= 0.6 is 54.8 Å². The summed E-state index contributed by atoms with van der Waals surface area (Å²) in [6.07, 6.45) is 2.17. The number of benzene rings is 2. The topological polar surface area (TPSA) is 142 Å². The monoisotopic (exact) mass is 842 g/mol. The number of carbonyl (C=O) groups is 4. The molecule has 0 unspecified atom stereocenters. The number of phenolic OH excluding ortho intramolecular Hbond substituents is 1. The molecule has 0 radical (unpaired) electrons. The van der Waals surface area contributed by atoms with Crippen molar-refractivity contribution in [2.75, 3.05) is 12.0 Å². The average molecular weight is 845 g/mol. The first-order chi connectivity index (χ1) is 23.7. The van der Waals surface area contributed by atoms with Crippen molar-refractivity contribution < 1.29 is 34.2 Å². The number of nitrogens with zero attached hydrogens (tertiary/aromatic N) is 4. The molecule has 1 saturated carbocycles. The lowest BCUT2D eigenvalue weighted by Gasteiger charge is -2.49. The minimum Gasteiger partial charge on any atom is -0.503 e. The van der Waals surface area contributed by atoms with Gasteiger partial charge in [0.15, 0.2) is 11.5 Å². The number of aromatic nitrogens is 2. The molecule has 2 aromatic heterocycles. The first-order valence-corrected chi connectivity index (χ1v) is 18.6. The van der Waals surface area contributed by atoms with Crippen LogP contribution in [0.5, 0.6) is 11.5 Å². The molecule has 4 amide bonds. The van der Waals surface area contributed by atoms with Gasteiger partial charge < -0.3 is 9.84 Å². The van der Waals surface area contributed by atoms with Crippen LogP contribution in [0.1, 0.15) is 36.8 Å². The molecular weight excluding hydrogens is 816 g/mol. The number of phenols is 1. The van der Waals surface area contributed by atoms with Crippen LogP contribution in [0.25, 0.3) is 20.7 Å². The molecule has 258 valence electrons. The fourth-order valence-electron chi connectivity index (χ4n) is 8.75. The average Bonchev–Trinajstić information content (AvgIpc) is 3.75. The number of thiophene rings is 1. The molecule has 2 aliphatic carbocycles. The third kappa shape index (κ3) is 4.38. The molecule has 6 atom stereocenters. The Balaban J connectivity index is 1.29. The third-order valence-electron chi connectivity index (χ3n) is 11.2. The summed E-state index contributed by atoms with van der Waals surface area (Å²) in [5.74, 6) is -5.99. The number of anilines is 1. The smallest absolute Gasteiger partial charge is 0.257 e. The van der Waals surface area contributed by atoms with Crippen LogP contribution in [0.3, 0.4) is 0 Å². The number of carbonyl (C=O) groups excluding carboxylic acids is 4. The zero-order valence-corrected chi connectivity index (χ0v) is 31.8. The standard InChI is InChI=1S/C35H29Br2ClN4O7S/c1-13-17-9-14(38)5-8-23(17)50-30(13)21-12-24(40(3)39-21)41-32(45)20-10-18-15(6-7-16-25(18)33(46)42(48)31(16)44)26(35(20,2)34(41)47)19-11-22(49-4)29(43)28(37)27(19)36/h5-6,8-9,11-12,16,18,20,25-26,43,48H,7,10H2,1-4H3/t16-,18+,20-,25-,26+,35+/m0/s1. The number of imide groups is 2. The fourth-order valence-corrected chi connectivity index (χ4v) is 11.0. The molecule has 50 heavy (non-hydrogen) atoms. The summed E-state index contributed by atoms with van der Waals surface area (Å²) in [7, 11) is 3.10. The van der Waals surface area contributed by atoms with E-state index in [0.29, 0.717) is 31.0 Å². The van der Waals surface area contributed by atoms with E-state index in [0.717, 1.165) is 26.1 Å². The van der Waals surface area contributed by atoms with Crippen LogP contribution < -0.4 is 9.64 Å². The number of rotatable bonds is 4. The lowest BCUT2D eigenvalue weighted by Crippen LogP contribution is -2.49. The molecule has 4 heterocycles. The third-order valence-corrected chi connectivity index (χ3v) is 14.9. The molecule has 2 aliphatic heterocycles. The lowest BCUT2D eigenvalue weighted by molar-refractivity contribution is -0.173. The van der Waals surface area contributed by atoms with Crippen LogP contribution in [0.15, 0.2) is 50.9 Å². The molecule has 15 heteroatoms. The number of ether oxygens (including phenoxy) is 1. The Morgan fingerprint density at radius 1 is 1.06 bits per heavy atom. The SMILES string of the molecule is COc1cc([C@H]2C3=CC[C@@H]4C(=O)N(O)C(=O)[C@@H]4[C@@H]3C[C@H]3C(=O)N(c4cc(-c5sc6ccc(Cl)cc6c5C)nn4C)C(=O)[C@@]23C)c(Br)c(Br)c1O. The molecule has 4 aliphatic rings. The van der Waals surface area contributed by atoms with Gasteiger partial charge in [0.25, 0.3) is 11.8 Å². The number of hydrogen-bond donors (Lipinski definition) is 2. The maximum atomic E-state index is 15.0. The molecule has 3 fully saturated rings. The number of methoxy groups -OCH3 is 1. The number of hydrogen-bond acceptors (Lipinski definition) is 9. The number of fused-ring (bicyclic) bond motifs is 5. The number of amides is 4. The Bertz CT molecular complexity index is 2270. The summed E-state index contributed by atoms with van der Waals surface area (Å²) < 4.78 is 8.80. The van der Waals surface area contributed by atoms with E-state index in [9.17, 15) is 24.7 Å². The van der Waals surface area contributed by atoms with Gasteiger partial charge in [-0.3, -0.25) is 29.1 Å². The maximum Gasteiger partial charge on any atom is 0.257 e. The van der Waals surface area contributed by atoms with Crippen molar-refractivity contribution in [3.63, 3.8) is 0 Å². The van der Waals surface area contributed by atoms with E-state index in [1.807, 2.05) is 31.2 Å². The Kier molecular flexibility index (Phi) is 7.70. The minimum atomic E-state index is -1.37. The second kappa shape index (κ2) is 11.5. The lowest BCUT2D eigenvalue weighted by atomic mass is 9.51. The Hall–Kier alpha value is -3.56. The van der Waals surface area contributed by atoms with E-state index in [4.69, 9.17) is 21.4 Å². The van der Waals surface area contributed by atoms with Crippen molar-refractivity contribution in [1.29, 1.82) is 0 Å². The van der Waals surface area contributed by atoms with Crippen LogP contribution in [0.2, 0.25) is 5.02 Å². The van der Waals surface area contributed by atoms with E-state index in [2.05, 4.69) is 31.9 Å². The van der Waals surface area contributed by atoms with Crippen molar-refractivity contribution in [1.82, 2.24) is 14.8 Å². The highest BCUT2D eigenvalue weighted by Crippen LogP contribution is 2.65. The van der Waals surface area contributed by atoms with Crippen LogP contribution in [-0.4, -0.2) is 55.9 Å². The second-order valence-corrected chi connectivity index (χ2v) is 16.6. The van der Waals surface area contributed by atoms with Gasteiger partial charge in [-0.05, 0) is 105 Å². The molecule has 11 nitrogen and oxygen atoms in total. The summed E-state index contributed by atoms with van der Waals surface area (Å²) in [6, 6.07) is 9.06. The zero-order valence-electron chi connectivity index (χ0n) is 27.0. The van der Waals surface area contributed by atoms with Gasteiger partial charge in [0, 0.05) is 33.2 Å². The van der Waals surface area contributed by atoms with E-state index in [-0.39, 0.29) is 29.4 Å².